The van der Waals surface area contributed by atoms with Crippen LogP contribution in [0.4, 0.5) is 4.39 Å². The van der Waals surface area contributed by atoms with E-state index in [1.165, 1.54) is 11.0 Å². The smallest absolute Gasteiger partial charge is 0.123 e. The summed E-state index contributed by atoms with van der Waals surface area (Å²) in [6.45, 7) is 6.61. The Kier molecular flexibility index (Phi) is 5.03. The van der Waals surface area contributed by atoms with Gasteiger partial charge in [-0.15, -0.1) is 11.8 Å². The van der Waals surface area contributed by atoms with E-state index in [0.29, 0.717) is 5.25 Å². The van der Waals surface area contributed by atoms with E-state index in [9.17, 15) is 4.39 Å². The van der Waals surface area contributed by atoms with Gasteiger partial charge in [-0.3, -0.25) is 0 Å². The highest BCUT2D eigenvalue weighted by molar-refractivity contribution is 8.00. The maximum Gasteiger partial charge on any atom is 0.123 e. The van der Waals surface area contributed by atoms with Gasteiger partial charge in [-0.25, -0.2) is 4.39 Å². The molecule has 0 saturated carbocycles. The second kappa shape index (κ2) is 6.55. The fraction of sp³-hybridized carbons (Fsp3) is 0.571. The summed E-state index contributed by atoms with van der Waals surface area (Å²) in [4.78, 5) is 1.17. The van der Waals surface area contributed by atoms with Crippen molar-refractivity contribution in [3.63, 3.8) is 0 Å². The highest BCUT2D eigenvalue weighted by Gasteiger charge is 2.25. The van der Waals surface area contributed by atoms with Crippen LogP contribution in [0.2, 0.25) is 0 Å². The molecule has 100 valence electrons. The lowest BCUT2D eigenvalue weighted by Gasteiger charge is -2.16. The van der Waals surface area contributed by atoms with Crippen molar-refractivity contribution < 1.29 is 9.13 Å². The molecule has 1 N–H and O–H groups in total. The minimum absolute atomic E-state index is 0.164. The zero-order chi connectivity index (χ0) is 13.0. The van der Waals surface area contributed by atoms with Crippen molar-refractivity contribution in [3.05, 3.63) is 29.6 Å². The zero-order valence-corrected chi connectivity index (χ0v) is 11.7. The third kappa shape index (κ3) is 3.46. The number of thioether (sulfide) groups is 1. The van der Waals surface area contributed by atoms with Gasteiger partial charge in [0.1, 0.15) is 5.82 Å². The van der Waals surface area contributed by atoms with Gasteiger partial charge in [0.15, 0.2) is 0 Å². The van der Waals surface area contributed by atoms with Gasteiger partial charge < -0.3 is 10.1 Å². The first-order chi connectivity index (χ1) is 8.70. The van der Waals surface area contributed by atoms with Crippen molar-refractivity contribution in [2.45, 2.75) is 43.1 Å². The average Bonchev–Trinajstić information content (AvgIpc) is 2.75. The lowest BCUT2D eigenvalue weighted by atomic mass is 10.2. The monoisotopic (exact) mass is 269 g/mol. The van der Waals surface area contributed by atoms with Crippen LogP contribution in [0.25, 0.3) is 0 Å². The Morgan fingerprint density at radius 2 is 2.33 bits per heavy atom. The van der Waals surface area contributed by atoms with Crippen molar-refractivity contribution in [2.24, 2.45) is 0 Å². The van der Waals surface area contributed by atoms with Crippen LogP contribution in [-0.2, 0) is 11.3 Å². The summed E-state index contributed by atoms with van der Waals surface area (Å²) in [7, 11) is 0. The molecule has 2 atom stereocenters. The number of benzene rings is 1. The Morgan fingerprint density at radius 3 is 3.00 bits per heavy atom. The van der Waals surface area contributed by atoms with E-state index in [0.717, 1.165) is 31.7 Å². The summed E-state index contributed by atoms with van der Waals surface area (Å²) in [6, 6.07) is 5.06. The number of hydrogen-bond acceptors (Lipinski definition) is 3. The Labute approximate surface area is 112 Å². The molecule has 0 aliphatic carbocycles. The molecule has 1 aromatic rings. The molecule has 0 bridgehead atoms. The third-order valence-electron chi connectivity index (χ3n) is 3.17. The molecule has 0 amide bonds. The molecule has 4 heteroatoms. The first-order valence-electron chi connectivity index (χ1n) is 6.48. The van der Waals surface area contributed by atoms with Crippen LogP contribution in [0, 0.1) is 5.82 Å². The molecule has 1 saturated heterocycles. The van der Waals surface area contributed by atoms with Crippen LogP contribution in [0.1, 0.15) is 25.8 Å². The van der Waals surface area contributed by atoms with Crippen LogP contribution in [0.3, 0.4) is 0 Å². The number of nitrogens with one attached hydrogen (secondary N) is 1. The summed E-state index contributed by atoms with van der Waals surface area (Å²) < 4.78 is 18.9. The van der Waals surface area contributed by atoms with Crippen LogP contribution in [-0.4, -0.2) is 24.5 Å². The van der Waals surface area contributed by atoms with E-state index in [-0.39, 0.29) is 11.9 Å². The lowest BCUT2D eigenvalue weighted by Crippen LogP contribution is -2.15. The van der Waals surface area contributed by atoms with Gasteiger partial charge in [-0.2, -0.15) is 0 Å². The summed E-state index contributed by atoms with van der Waals surface area (Å²) >= 11 is 1.81. The Balaban J connectivity index is 2.10. The fourth-order valence-corrected chi connectivity index (χ4v) is 3.33. The number of rotatable bonds is 5. The second-order valence-electron chi connectivity index (χ2n) is 4.55. The number of halogens is 1. The van der Waals surface area contributed by atoms with Gasteiger partial charge in [0, 0.05) is 23.3 Å². The van der Waals surface area contributed by atoms with E-state index in [4.69, 9.17) is 4.74 Å². The molecule has 2 nitrogen and oxygen atoms in total. The molecule has 0 spiro atoms. The van der Waals surface area contributed by atoms with E-state index in [1.807, 2.05) is 17.8 Å². The van der Waals surface area contributed by atoms with Crippen LogP contribution in [0.15, 0.2) is 23.1 Å². The Morgan fingerprint density at radius 1 is 1.50 bits per heavy atom. The highest BCUT2D eigenvalue weighted by atomic mass is 32.2. The predicted octanol–water partition coefficient (Wildman–Crippen LogP) is 3.20. The molecule has 1 aliphatic heterocycles. The topological polar surface area (TPSA) is 21.3 Å². The molecule has 0 aromatic heterocycles. The minimum atomic E-state index is -0.164. The Bertz CT molecular complexity index is 399. The summed E-state index contributed by atoms with van der Waals surface area (Å²) in [5, 5.41) is 3.74. The normalized spacial score (nSPS) is 23.5. The summed E-state index contributed by atoms with van der Waals surface area (Å²) in [5.74, 6) is -0.164. The van der Waals surface area contributed by atoms with Crippen LogP contribution < -0.4 is 5.32 Å². The highest BCUT2D eigenvalue weighted by Crippen LogP contribution is 2.34. The maximum atomic E-state index is 13.3. The zero-order valence-electron chi connectivity index (χ0n) is 10.9. The standard InChI is InChI=1S/C14H20FNOS/c1-3-16-9-11-8-12(15)4-5-14(11)18-13-6-7-17-10(13)2/h4-5,8,10,13,16H,3,6-7,9H2,1-2H3. The van der Waals surface area contributed by atoms with Gasteiger partial charge in [0.25, 0.3) is 0 Å². The van der Waals surface area contributed by atoms with Crippen molar-refractivity contribution in [3.8, 4) is 0 Å². The van der Waals surface area contributed by atoms with Crippen molar-refractivity contribution in [1.82, 2.24) is 5.32 Å². The Hall–Kier alpha value is -0.580. The van der Waals surface area contributed by atoms with E-state index >= 15 is 0 Å². The molecule has 2 unspecified atom stereocenters. The molecule has 0 radical (unpaired) electrons. The van der Waals surface area contributed by atoms with E-state index < -0.39 is 0 Å². The molecular formula is C14H20FNOS. The third-order valence-corrected chi connectivity index (χ3v) is 4.75. The van der Waals surface area contributed by atoms with Gasteiger partial charge in [0.05, 0.1) is 6.10 Å². The van der Waals surface area contributed by atoms with E-state index in [2.05, 4.69) is 19.2 Å². The lowest BCUT2D eigenvalue weighted by molar-refractivity contribution is 0.127. The summed E-state index contributed by atoms with van der Waals surface area (Å²) in [5.41, 5.74) is 1.04. The number of ether oxygens (including phenoxy) is 1. The molecule has 2 rings (SSSR count). The molecule has 1 fully saturated rings. The quantitative estimate of drug-likeness (QED) is 0.887. The van der Waals surface area contributed by atoms with Gasteiger partial charge in [0.2, 0.25) is 0 Å². The molecular weight excluding hydrogens is 249 g/mol. The molecule has 18 heavy (non-hydrogen) atoms. The second-order valence-corrected chi connectivity index (χ2v) is 5.83. The van der Waals surface area contributed by atoms with Crippen LogP contribution in [0.5, 0.6) is 0 Å². The van der Waals surface area contributed by atoms with Gasteiger partial charge >= 0.3 is 0 Å². The first-order valence-corrected chi connectivity index (χ1v) is 7.36. The minimum Gasteiger partial charge on any atom is -0.377 e. The summed E-state index contributed by atoms with van der Waals surface area (Å²) in [6.07, 6.45) is 1.36. The van der Waals surface area contributed by atoms with Crippen molar-refractivity contribution in [2.75, 3.05) is 13.2 Å². The van der Waals surface area contributed by atoms with Gasteiger partial charge in [-0.1, -0.05) is 6.92 Å². The largest absolute Gasteiger partial charge is 0.377 e. The van der Waals surface area contributed by atoms with Crippen molar-refractivity contribution in [1.29, 1.82) is 0 Å². The van der Waals surface area contributed by atoms with Crippen molar-refractivity contribution >= 4 is 11.8 Å². The first kappa shape index (κ1) is 13.8. The van der Waals surface area contributed by atoms with E-state index in [1.54, 1.807) is 6.07 Å². The molecule has 1 aromatic carbocycles. The molecule has 1 heterocycles. The predicted molar refractivity (Wildman–Crippen MR) is 73.5 cm³/mol. The molecule has 1 aliphatic rings. The number of hydrogen-bond donors (Lipinski definition) is 1. The SMILES string of the molecule is CCNCc1cc(F)ccc1SC1CCOC1C. The van der Waals surface area contributed by atoms with Crippen LogP contribution >= 0.6 is 11.8 Å². The maximum absolute atomic E-state index is 13.3. The average molecular weight is 269 g/mol. The fourth-order valence-electron chi connectivity index (χ4n) is 2.09. The van der Waals surface area contributed by atoms with Gasteiger partial charge in [-0.05, 0) is 43.7 Å².